The van der Waals surface area contributed by atoms with Crippen LogP contribution in [0.4, 0.5) is 0 Å². The first kappa shape index (κ1) is 13.4. The van der Waals surface area contributed by atoms with Crippen molar-refractivity contribution in [3.8, 4) is 0 Å². The second kappa shape index (κ2) is 5.05. The molecule has 1 aliphatic carbocycles. The number of rotatable bonds is 3. The van der Waals surface area contributed by atoms with Gasteiger partial charge in [-0.1, -0.05) is 24.3 Å². The number of amides is 1. The molecular weight excluding hydrogens is 270 g/mol. The number of aryl methyl sites for hydroxylation is 1. The third-order valence-corrected chi connectivity index (χ3v) is 3.87. The van der Waals surface area contributed by atoms with Gasteiger partial charge in [0.25, 0.3) is 5.91 Å². The van der Waals surface area contributed by atoms with Gasteiger partial charge in [0.05, 0.1) is 18.3 Å². The molecule has 2 unspecified atom stereocenters. The molecule has 0 radical (unpaired) electrons. The van der Waals surface area contributed by atoms with E-state index in [2.05, 4.69) is 15.3 Å². The van der Waals surface area contributed by atoms with E-state index in [0.29, 0.717) is 17.8 Å². The highest BCUT2D eigenvalue weighted by Gasteiger charge is 2.36. The minimum absolute atomic E-state index is 0.292. The van der Waals surface area contributed by atoms with Crippen LogP contribution in [0.25, 0.3) is 0 Å². The van der Waals surface area contributed by atoms with Gasteiger partial charge in [0.2, 0.25) is 0 Å². The molecule has 1 aliphatic rings. The molecule has 6 heteroatoms. The maximum Gasteiger partial charge on any atom is 0.311 e. The summed E-state index contributed by atoms with van der Waals surface area (Å²) in [4.78, 5) is 30.4. The van der Waals surface area contributed by atoms with E-state index in [-0.39, 0.29) is 11.9 Å². The Morgan fingerprint density at radius 2 is 2.05 bits per heavy atom. The molecule has 21 heavy (non-hydrogen) atoms. The Labute approximate surface area is 121 Å². The number of fused-ring (bicyclic) bond motifs is 1. The molecule has 0 bridgehead atoms. The van der Waals surface area contributed by atoms with Gasteiger partial charge in [-0.2, -0.15) is 0 Å². The first-order chi connectivity index (χ1) is 10.1. The number of nitrogens with zero attached hydrogens (tertiary/aromatic N) is 1. The van der Waals surface area contributed by atoms with Gasteiger partial charge in [-0.05, 0) is 24.5 Å². The predicted molar refractivity (Wildman–Crippen MR) is 75.0 cm³/mol. The first-order valence-electron chi connectivity index (χ1n) is 6.70. The summed E-state index contributed by atoms with van der Waals surface area (Å²) in [6, 6.07) is 7.03. The van der Waals surface area contributed by atoms with E-state index in [0.717, 1.165) is 11.1 Å². The fourth-order valence-corrected chi connectivity index (χ4v) is 2.82. The van der Waals surface area contributed by atoms with Crippen LogP contribution in [-0.4, -0.2) is 27.0 Å². The number of carboxylic acids is 1. The van der Waals surface area contributed by atoms with Gasteiger partial charge in [-0.3, -0.25) is 9.59 Å². The summed E-state index contributed by atoms with van der Waals surface area (Å²) in [6.07, 6.45) is 1.83. The molecule has 0 saturated heterocycles. The van der Waals surface area contributed by atoms with E-state index >= 15 is 0 Å². The summed E-state index contributed by atoms with van der Waals surface area (Å²) >= 11 is 0. The maximum atomic E-state index is 12.2. The number of imidazole rings is 1. The smallest absolute Gasteiger partial charge is 0.311 e. The normalized spacial score (nSPS) is 20.0. The van der Waals surface area contributed by atoms with Crippen LogP contribution in [0.15, 0.2) is 30.6 Å². The summed E-state index contributed by atoms with van der Waals surface area (Å²) in [6.45, 7) is 1.77. The van der Waals surface area contributed by atoms with E-state index in [4.69, 9.17) is 0 Å². The summed E-state index contributed by atoms with van der Waals surface area (Å²) in [5.74, 6) is -1.73. The van der Waals surface area contributed by atoms with E-state index < -0.39 is 11.9 Å². The molecule has 1 aromatic carbocycles. The first-order valence-corrected chi connectivity index (χ1v) is 6.70. The van der Waals surface area contributed by atoms with Crippen molar-refractivity contribution >= 4 is 11.9 Å². The average molecular weight is 285 g/mol. The zero-order chi connectivity index (χ0) is 15.0. The van der Waals surface area contributed by atoms with Crippen molar-refractivity contribution in [2.24, 2.45) is 0 Å². The minimum Gasteiger partial charge on any atom is -0.481 e. The number of nitrogens with one attached hydrogen (secondary N) is 2. The molecule has 0 fully saturated rings. The van der Waals surface area contributed by atoms with Crippen molar-refractivity contribution in [1.82, 2.24) is 15.3 Å². The van der Waals surface area contributed by atoms with E-state index in [9.17, 15) is 14.7 Å². The van der Waals surface area contributed by atoms with Crippen LogP contribution in [0.2, 0.25) is 0 Å². The Kier molecular flexibility index (Phi) is 3.21. The lowest BCUT2D eigenvalue weighted by atomic mass is 10.0. The molecule has 0 spiro atoms. The molecular formula is C15H15N3O3. The van der Waals surface area contributed by atoms with Gasteiger partial charge in [-0.25, -0.2) is 4.98 Å². The molecule has 2 aromatic rings. The molecule has 3 N–H and O–H groups in total. The average Bonchev–Trinajstić information content (AvgIpc) is 3.03. The lowest BCUT2D eigenvalue weighted by Gasteiger charge is -2.13. The van der Waals surface area contributed by atoms with Gasteiger partial charge in [-0.15, -0.1) is 0 Å². The number of aliphatic carboxylic acids is 1. The van der Waals surface area contributed by atoms with E-state index in [1.54, 1.807) is 13.0 Å². The van der Waals surface area contributed by atoms with Crippen molar-refractivity contribution in [2.45, 2.75) is 25.3 Å². The number of carbonyl (C=O) groups is 2. The maximum absolute atomic E-state index is 12.2. The fourth-order valence-electron chi connectivity index (χ4n) is 2.82. The highest BCUT2D eigenvalue weighted by Crippen LogP contribution is 2.40. The highest BCUT2D eigenvalue weighted by molar-refractivity contribution is 5.93. The zero-order valence-corrected chi connectivity index (χ0v) is 11.5. The molecule has 3 rings (SSSR count). The monoisotopic (exact) mass is 285 g/mol. The third kappa shape index (κ3) is 2.29. The van der Waals surface area contributed by atoms with E-state index in [1.807, 2.05) is 18.2 Å². The van der Waals surface area contributed by atoms with Gasteiger partial charge in [0.15, 0.2) is 0 Å². The number of H-pyrrole nitrogens is 1. The van der Waals surface area contributed by atoms with Crippen molar-refractivity contribution < 1.29 is 14.7 Å². The summed E-state index contributed by atoms with van der Waals surface area (Å²) in [5, 5.41) is 12.2. The van der Waals surface area contributed by atoms with E-state index in [1.165, 1.54) is 6.33 Å². The molecule has 1 aromatic heterocycles. The zero-order valence-electron chi connectivity index (χ0n) is 11.5. The third-order valence-electron chi connectivity index (χ3n) is 3.87. The molecule has 108 valence electrons. The standard InChI is InChI=1S/C15H15N3O3/c1-8-13(17-7-16-8)14(19)18-12-6-11(15(20)21)9-4-2-3-5-10(9)12/h2-5,7,11-12H,6H2,1H3,(H,16,17)(H,18,19)(H,20,21). The fraction of sp³-hybridized carbons (Fsp3) is 0.267. The van der Waals surface area contributed by atoms with Crippen LogP contribution in [-0.2, 0) is 4.79 Å². The number of hydrogen-bond donors (Lipinski definition) is 3. The number of hydrogen-bond acceptors (Lipinski definition) is 3. The molecule has 0 aliphatic heterocycles. The summed E-state index contributed by atoms with van der Waals surface area (Å²) < 4.78 is 0. The Morgan fingerprint density at radius 3 is 2.67 bits per heavy atom. The highest BCUT2D eigenvalue weighted by atomic mass is 16.4. The van der Waals surface area contributed by atoms with Gasteiger partial charge in [0, 0.05) is 5.69 Å². The predicted octanol–water partition coefficient (Wildman–Crippen LogP) is 1.76. The number of aromatic nitrogens is 2. The number of benzene rings is 1. The molecule has 1 amide bonds. The molecule has 1 heterocycles. The molecule has 2 atom stereocenters. The van der Waals surface area contributed by atoms with Crippen LogP contribution < -0.4 is 5.32 Å². The lowest BCUT2D eigenvalue weighted by Crippen LogP contribution is -2.28. The van der Waals surface area contributed by atoms with Gasteiger partial charge < -0.3 is 15.4 Å². The van der Waals surface area contributed by atoms with Crippen molar-refractivity contribution in [2.75, 3.05) is 0 Å². The number of carbonyl (C=O) groups excluding carboxylic acids is 1. The van der Waals surface area contributed by atoms with Crippen molar-refractivity contribution in [3.05, 3.63) is 53.1 Å². The van der Waals surface area contributed by atoms with Crippen LogP contribution in [0.1, 0.15) is 45.7 Å². The van der Waals surface area contributed by atoms with Gasteiger partial charge >= 0.3 is 5.97 Å². The molecule has 0 saturated carbocycles. The van der Waals surface area contributed by atoms with Crippen LogP contribution in [0.5, 0.6) is 0 Å². The van der Waals surface area contributed by atoms with Crippen molar-refractivity contribution in [3.63, 3.8) is 0 Å². The number of carboxylic acid groups (broad SMARTS) is 1. The molecule has 6 nitrogen and oxygen atoms in total. The summed E-state index contributed by atoms with van der Waals surface area (Å²) in [7, 11) is 0. The Bertz CT molecular complexity index is 708. The SMILES string of the molecule is Cc1[nH]cnc1C(=O)NC1CC(C(=O)O)c2ccccc21. The lowest BCUT2D eigenvalue weighted by molar-refractivity contribution is -0.138. The second-order valence-corrected chi connectivity index (χ2v) is 5.16. The Balaban J connectivity index is 1.86. The largest absolute Gasteiger partial charge is 0.481 e. The quantitative estimate of drug-likeness (QED) is 0.800. The second-order valence-electron chi connectivity index (χ2n) is 5.16. The van der Waals surface area contributed by atoms with Crippen LogP contribution >= 0.6 is 0 Å². The number of aromatic amines is 1. The van der Waals surface area contributed by atoms with Crippen LogP contribution in [0.3, 0.4) is 0 Å². The minimum atomic E-state index is -0.866. The van der Waals surface area contributed by atoms with Crippen molar-refractivity contribution in [1.29, 1.82) is 0 Å². The van der Waals surface area contributed by atoms with Crippen LogP contribution in [0, 0.1) is 6.92 Å². The summed E-state index contributed by atoms with van der Waals surface area (Å²) in [5.41, 5.74) is 2.67. The Morgan fingerprint density at radius 1 is 1.33 bits per heavy atom. The van der Waals surface area contributed by atoms with Gasteiger partial charge in [0.1, 0.15) is 5.69 Å². The Hall–Kier alpha value is -2.63. The topological polar surface area (TPSA) is 95.1 Å².